The SMILES string of the molecule is CCCC(Cl)C(=O)OC12CCC(CC1)C2. The van der Waals surface area contributed by atoms with Gasteiger partial charge in [-0.05, 0) is 44.4 Å². The van der Waals surface area contributed by atoms with Crippen LogP contribution in [0.2, 0.25) is 0 Å². The highest BCUT2D eigenvalue weighted by Crippen LogP contribution is 2.50. The Kier molecular flexibility index (Phi) is 3.24. The van der Waals surface area contributed by atoms with Gasteiger partial charge < -0.3 is 4.74 Å². The summed E-state index contributed by atoms with van der Waals surface area (Å²) in [6, 6.07) is 0. The highest BCUT2D eigenvalue weighted by Gasteiger charge is 2.48. The van der Waals surface area contributed by atoms with Crippen LogP contribution in [0.3, 0.4) is 0 Å². The average molecular weight is 231 g/mol. The number of rotatable bonds is 4. The van der Waals surface area contributed by atoms with Crippen LogP contribution in [0.1, 0.15) is 51.9 Å². The van der Waals surface area contributed by atoms with Crippen LogP contribution in [0.15, 0.2) is 0 Å². The third kappa shape index (κ3) is 2.30. The molecule has 0 heterocycles. The van der Waals surface area contributed by atoms with Gasteiger partial charge in [-0.3, -0.25) is 4.79 Å². The van der Waals surface area contributed by atoms with E-state index in [9.17, 15) is 4.79 Å². The number of hydrogen-bond donors (Lipinski definition) is 0. The van der Waals surface area contributed by atoms with Crippen LogP contribution < -0.4 is 0 Å². The van der Waals surface area contributed by atoms with Crippen molar-refractivity contribution in [1.29, 1.82) is 0 Å². The lowest BCUT2D eigenvalue weighted by Crippen LogP contribution is -2.33. The number of carbonyl (C=O) groups excluding carboxylic acids is 1. The molecule has 2 aliphatic rings. The Morgan fingerprint density at radius 1 is 1.53 bits per heavy atom. The van der Waals surface area contributed by atoms with E-state index in [1.807, 2.05) is 6.92 Å². The number of hydrogen-bond acceptors (Lipinski definition) is 2. The van der Waals surface area contributed by atoms with Gasteiger partial charge in [0.2, 0.25) is 0 Å². The van der Waals surface area contributed by atoms with Gasteiger partial charge in [-0.15, -0.1) is 11.6 Å². The zero-order chi connectivity index (χ0) is 10.9. The smallest absolute Gasteiger partial charge is 0.324 e. The number of halogens is 1. The molecule has 2 fully saturated rings. The van der Waals surface area contributed by atoms with E-state index in [1.54, 1.807) is 0 Å². The topological polar surface area (TPSA) is 26.3 Å². The van der Waals surface area contributed by atoms with Crippen molar-refractivity contribution >= 4 is 17.6 Å². The van der Waals surface area contributed by atoms with E-state index in [0.717, 1.165) is 38.0 Å². The van der Waals surface area contributed by atoms with Crippen LogP contribution in [-0.4, -0.2) is 16.9 Å². The zero-order valence-electron chi connectivity index (χ0n) is 9.30. The first kappa shape index (κ1) is 11.3. The maximum absolute atomic E-state index is 11.7. The van der Waals surface area contributed by atoms with Crippen LogP contribution in [0.25, 0.3) is 0 Å². The molecular weight excluding hydrogens is 212 g/mol. The van der Waals surface area contributed by atoms with Crippen molar-refractivity contribution in [2.75, 3.05) is 0 Å². The number of fused-ring (bicyclic) bond motifs is 2. The van der Waals surface area contributed by atoms with E-state index in [4.69, 9.17) is 16.3 Å². The van der Waals surface area contributed by atoms with Gasteiger partial charge in [-0.1, -0.05) is 13.3 Å². The van der Waals surface area contributed by atoms with Gasteiger partial charge in [0, 0.05) is 0 Å². The molecule has 2 bridgehead atoms. The molecule has 2 aliphatic carbocycles. The molecule has 3 heteroatoms. The van der Waals surface area contributed by atoms with Gasteiger partial charge in [0.05, 0.1) is 0 Å². The molecule has 0 aliphatic heterocycles. The second-order valence-electron chi connectivity index (χ2n) is 5.01. The molecule has 1 atom stereocenters. The minimum atomic E-state index is -0.441. The number of esters is 1. The molecule has 2 rings (SSSR count). The van der Waals surface area contributed by atoms with Crippen LogP contribution in [0.5, 0.6) is 0 Å². The molecule has 0 saturated heterocycles. The Bertz CT molecular complexity index is 244. The maximum atomic E-state index is 11.7. The molecule has 0 spiro atoms. The quantitative estimate of drug-likeness (QED) is 0.547. The molecule has 0 aromatic rings. The maximum Gasteiger partial charge on any atom is 0.324 e. The zero-order valence-corrected chi connectivity index (χ0v) is 10.1. The van der Waals surface area contributed by atoms with E-state index in [0.29, 0.717) is 0 Å². The van der Waals surface area contributed by atoms with Crippen molar-refractivity contribution < 1.29 is 9.53 Å². The lowest BCUT2D eigenvalue weighted by molar-refractivity contribution is -0.158. The van der Waals surface area contributed by atoms with E-state index in [1.165, 1.54) is 12.8 Å². The number of ether oxygens (including phenoxy) is 1. The largest absolute Gasteiger partial charge is 0.458 e. The summed E-state index contributed by atoms with van der Waals surface area (Å²) in [6.45, 7) is 2.03. The van der Waals surface area contributed by atoms with Crippen molar-refractivity contribution in [3.8, 4) is 0 Å². The first-order valence-corrected chi connectivity index (χ1v) is 6.46. The van der Waals surface area contributed by atoms with Crippen LogP contribution in [-0.2, 0) is 9.53 Å². The fraction of sp³-hybridized carbons (Fsp3) is 0.917. The molecule has 1 unspecified atom stereocenters. The second-order valence-corrected chi connectivity index (χ2v) is 5.53. The standard InChI is InChI=1S/C12H19ClO2/c1-2-3-10(13)11(14)15-12-6-4-9(8-12)5-7-12/h9-10H,2-8H2,1H3. The molecule has 0 aromatic heterocycles. The van der Waals surface area contributed by atoms with Crippen molar-refractivity contribution in [3.05, 3.63) is 0 Å². The Hall–Kier alpha value is -0.240. The third-order valence-electron chi connectivity index (χ3n) is 3.79. The van der Waals surface area contributed by atoms with Crippen molar-refractivity contribution in [2.45, 2.75) is 62.8 Å². The molecule has 86 valence electrons. The van der Waals surface area contributed by atoms with E-state index in [2.05, 4.69) is 0 Å². The van der Waals surface area contributed by atoms with Gasteiger partial charge >= 0.3 is 5.97 Å². The second kappa shape index (κ2) is 4.32. The van der Waals surface area contributed by atoms with Crippen molar-refractivity contribution in [3.63, 3.8) is 0 Å². The van der Waals surface area contributed by atoms with Gasteiger partial charge in [0.1, 0.15) is 11.0 Å². The molecule has 0 N–H and O–H groups in total. The predicted molar refractivity (Wildman–Crippen MR) is 59.9 cm³/mol. The van der Waals surface area contributed by atoms with Crippen molar-refractivity contribution in [2.24, 2.45) is 5.92 Å². The van der Waals surface area contributed by atoms with E-state index in [-0.39, 0.29) is 11.6 Å². The molecule has 0 amide bonds. The summed E-state index contributed by atoms with van der Waals surface area (Å²) >= 11 is 5.97. The lowest BCUT2D eigenvalue weighted by Gasteiger charge is -2.27. The van der Waals surface area contributed by atoms with Crippen LogP contribution in [0.4, 0.5) is 0 Å². The minimum absolute atomic E-state index is 0.122. The molecule has 15 heavy (non-hydrogen) atoms. The Morgan fingerprint density at radius 3 is 2.67 bits per heavy atom. The molecular formula is C12H19ClO2. The summed E-state index contributed by atoms with van der Waals surface area (Å²) < 4.78 is 5.63. The third-order valence-corrected chi connectivity index (χ3v) is 4.19. The molecule has 0 radical (unpaired) electrons. The van der Waals surface area contributed by atoms with Crippen LogP contribution >= 0.6 is 11.6 Å². The van der Waals surface area contributed by atoms with Gasteiger partial charge in [0.25, 0.3) is 0 Å². The highest BCUT2D eigenvalue weighted by atomic mass is 35.5. The van der Waals surface area contributed by atoms with Gasteiger partial charge in [-0.2, -0.15) is 0 Å². The first-order valence-electron chi connectivity index (χ1n) is 6.02. The van der Waals surface area contributed by atoms with Gasteiger partial charge in [0.15, 0.2) is 0 Å². The monoisotopic (exact) mass is 230 g/mol. The van der Waals surface area contributed by atoms with Gasteiger partial charge in [-0.25, -0.2) is 0 Å². The minimum Gasteiger partial charge on any atom is -0.458 e. The summed E-state index contributed by atoms with van der Waals surface area (Å²) in [6.07, 6.45) is 7.30. The summed E-state index contributed by atoms with van der Waals surface area (Å²) in [4.78, 5) is 11.7. The summed E-state index contributed by atoms with van der Waals surface area (Å²) in [5.41, 5.74) is -0.122. The van der Waals surface area contributed by atoms with Crippen molar-refractivity contribution in [1.82, 2.24) is 0 Å². The molecule has 0 aromatic carbocycles. The van der Waals surface area contributed by atoms with E-state index < -0.39 is 5.38 Å². The fourth-order valence-corrected chi connectivity index (χ4v) is 3.19. The average Bonchev–Trinajstić information content (AvgIpc) is 2.77. The first-order chi connectivity index (χ1) is 7.15. The Labute approximate surface area is 96.3 Å². The van der Waals surface area contributed by atoms with Crippen LogP contribution in [0, 0.1) is 5.92 Å². The summed E-state index contributed by atoms with van der Waals surface area (Å²) in [5, 5.41) is -0.441. The number of alkyl halides is 1. The Balaban J connectivity index is 1.88. The lowest BCUT2D eigenvalue weighted by atomic mass is 9.97. The predicted octanol–water partition coefficient (Wildman–Crippen LogP) is 3.27. The summed E-state index contributed by atoms with van der Waals surface area (Å²) in [7, 11) is 0. The fourth-order valence-electron chi connectivity index (χ4n) is 2.93. The highest BCUT2D eigenvalue weighted by molar-refractivity contribution is 6.29. The molecule has 2 saturated carbocycles. The normalized spacial score (nSPS) is 35.5. The van der Waals surface area contributed by atoms with E-state index >= 15 is 0 Å². The Morgan fingerprint density at radius 2 is 2.20 bits per heavy atom. The summed E-state index contributed by atoms with van der Waals surface area (Å²) in [5.74, 6) is 0.610. The number of carbonyl (C=O) groups is 1. The molecule has 2 nitrogen and oxygen atoms in total.